The van der Waals surface area contributed by atoms with E-state index in [1.165, 1.54) is 13.3 Å². The van der Waals surface area contributed by atoms with Gasteiger partial charge in [-0.1, -0.05) is 12.1 Å². The van der Waals surface area contributed by atoms with Crippen LogP contribution in [0.2, 0.25) is 0 Å². The van der Waals surface area contributed by atoms with Crippen molar-refractivity contribution in [3.8, 4) is 5.69 Å². The van der Waals surface area contributed by atoms with Gasteiger partial charge in [-0.2, -0.15) is 13.2 Å². The minimum absolute atomic E-state index is 0.0348. The molecular weight excluding hydrogens is 451 g/mol. The van der Waals surface area contributed by atoms with Crippen LogP contribution in [0.15, 0.2) is 42.7 Å². The molecule has 2 aliphatic rings. The number of halogens is 3. The number of nitrogens with zero attached hydrogens (tertiary/aromatic N) is 5. The van der Waals surface area contributed by atoms with Crippen LogP contribution in [0.3, 0.4) is 0 Å². The first-order valence-corrected chi connectivity index (χ1v) is 10.8. The van der Waals surface area contributed by atoms with E-state index in [1.54, 1.807) is 10.6 Å². The predicted octanol–water partition coefficient (Wildman–Crippen LogP) is 3.03. The minimum atomic E-state index is -4.67. The molecule has 1 saturated carbocycles. The number of benzene rings is 1. The molecule has 2 aromatic heterocycles. The molecule has 3 aromatic rings. The summed E-state index contributed by atoms with van der Waals surface area (Å²) in [6.07, 6.45) is -2.91. The van der Waals surface area contributed by atoms with Crippen molar-refractivity contribution < 1.29 is 28.2 Å². The average Bonchev–Trinajstić information content (AvgIpc) is 3.39. The largest absolute Gasteiger partial charge is 0.416 e. The Morgan fingerprint density at radius 1 is 1.12 bits per heavy atom. The highest BCUT2D eigenvalue weighted by Crippen LogP contribution is 2.56. The molecule has 1 aromatic carbocycles. The maximum Gasteiger partial charge on any atom is 0.416 e. The summed E-state index contributed by atoms with van der Waals surface area (Å²) in [5, 5.41) is 31.1. The first-order valence-electron chi connectivity index (χ1n) is 10.8. The Morgan fingerprint density at radius 2 is 1.88 bits per heavy atom. The Hall–Kier alpha value is -3.31. The van der Waals surface area contributed by atoms with Gasteiger partial charge in [-0.25, -0.2) is 4.98 Å². The molecule has 3 atom stereocenters. The molecule has 3 unspecified atom stereocenters. The van der Waals surface area contributed by atoms with Crippen molar-refractivity contribution in [3.63, 3.8) is 0 Å². The molecule has 1 amide bonds. The molecule has 0 bridgehead atoms. The first kappa shape index (κ1) is 22.5. The minimum Gasteiger partial charge on any atom is -0.384 e. The van der Waals surface area contributed by atoms with E-state index in [9.17, 15) is 28.2 Å². The van der Waals surface area contributed by atoms with Crippen LogP contribution in [0.4, 0.5) is 19.0 Å². The summed E-state index contributed by atoms with van der Waals surface area (Å²) in [5.74, 6) is -1.13. The van der Waals surface area contributed by atoms with E-state index in [1.807, 2.05) is 25.1 Å². The zero-order valence-corrected chi connectivity index (χ0v) is 18.4. The number of anilines is 1. The van der Waals surface area contributed by atoms with Crippen LogP contribution in [0, 0.1) is 13.8 Å². The summed E-state index contributed by atoms with van der Waals surface area (Å²) in [4.78, 5) is 18.6. The fraction of sp³-hybridized carbons (Fsp3) is 0.391. The summed E-state index contributed by atoms with van der Waals surface area (Å²) in [5.41, 5.74) is -3.57. The van der Waals surface area contributed by atoms with Crippen LogP contribution in [0.1, 0.15) is 47.9 Å². The van der Waals surface area contributed by atoms with Gasteiger partial charge < -0.3 is 10.2 Å². The lowest BCUT2D eigenvalue weighted by atomic mass is 9.83. The van der Waals surface area contributed by atoms with Gasteiger partial charge in [0.15, 0.2) is 11.4 Å². The average molecular weight is 473 g/mol. The van der Waals surface area contributed by atoms with Crippen LogP contribution >= 0.6 is 0 Å². The lowest BCUT2D eigenvalue weighted by molar-refractivity contribution is -0.152. The Labute approximate surface area is 192 Å². The van der Waals surface area contributed by atoms with Gasteiger partial charge in [-0.3, -0.25) is 14.3 Å². The fourth-order valence-electron chi connectivity index (χ4n) is 5.13. The molecule has 1 aliphatic heterocycles. The summed E-state index contributed by atoms with van der Waals surface area (Å²) in [6, 6.07) is 7.62. The number of carbonyl (C=O) groups is 1. The normalized spacial score (nSPS) is 26.9. The van der Waals surface area contributed by atoms with Gasteiger partial charge in [0.05, 0.1) is 5.56 Å². The van der Waals surface area contributed by atoms with Crippen LogP contribution < -0.4 is 4.90 Å². The lowest BCUT2D eigenvalue weighted by Gasteiger charge is -2.33. The van der Waals surface area contributed by atoms with E-state index in [4.69, 9.17) is 0 Å². The zero-order valence-electron chi connectivity index (χ0n) is 18.4. The van der Waals surface area contributed by atoms with Crippen LogP contribution in [0.5, 0.6) is 0 Å². The molecule has 2 N–H and O–H groups in total. The molecule has 2 fully saturated rings. The Kier molecular flexibility index (Phi) is 4.86. The highest BCUT2D eigenvalue weighted by atomic mass is 19.4. The molecule has 11 heteroatoms. The van der Waals surface area contributed by atoms with Crippen molar-refractivity contribution >= 4 is 11.7 Å². The molecular formula is C23H22F3N5O3. The number of pyridine rings is 1. The number of aromatic nitrogens is 4. The van der Waals surface area contributed by atoms with Crippen molar-refractivity contribution in [1.29, 1.82) is 0 Å². The van der Waals surface area contributed by atoms with E-state index in [0.29, 0.717) is 12.1 Å². The topological polar surface area (TPSA) is 104 Å². The number of aliphatic hydroxyl groups is 2. The van der Waals surface area contributed by atoms with Gasteiger partial charge >= 0.3 is 6.18 Å². The van der Waals surface area contributed by atoms with Crippen molar-refractivity contribution in [2.24, 2.45) is 0 Å². The molecule has 178 valence electrons. The number of carbonyl (C=O) groups excluding carboxylic acids is 1. The first-order chi connectivity index (χ1) is 16.0. The highest BCUT2D eigenvalue weighted by Gasteiger charge is 2.72. The molecule has 1 saturated heterocycles. The monoisotopic (exact) mass is 473 g/mol. The standard InChI is InChI=1S/C23H22F3N5O3/c1-13-5-3-6-16(9-13)30-12-27-29-19(30)18-21(33)7-4-8-22(21,34)20(32)31(18)17-11-15(23(24,25)26)10-14(2)28-17/h3,5-6,9-12,18,33-34H,4,7-8H2,1-2H3. The number of rotatable bonds is 3. The lowest BCUT2D eigenvalue weighted by Crippen LogP contribution is -2.51. The van der Waals surface area contributed by atoms with E-state index >= 15 is 0 Å². The second kappa shape index (κ2) is 7.34. The van der Waals surface area contributed by atoms with E-state index in [0.717, 1.165) is 22.6 Å². The van der Waals surface area contributed by atoms with Crippen LogP contribution in [-0.4, -0.2) is 47.1 Å². The highest BCUT2D eigenvalue weighted by molar-refractivity contribution is 6.04. The molecule has 3 heterocycles. The number of fused-ring (bicyclic) bond motifs is 1. The van der Waals surface area contributed by atoms with Gasteiger partial charge in [0, 0.05) is 11.4 Å². The van der Waals surface area contributed by atoms with E-state index in [-0.39, 0.29) is 30.2 Å². The third-order valence-corrected chi connectivity index (χ3v) is 6.71. The van der Waals surface area contributed by atoms with Crippen molar-refractivity contribution in [1.82, 2.24) is 19.7 Å². The quantitative estimate of drug-likeness (QED) is 0.606. The number of amides is 1. The summed E-state index contributed by atoms with van der Waals surface area (Å²) < 4.78 is 42.2. The summed E-state index contributed by atoms with van der Waals surface area (Å²) >= 11 is 0. The molecule has 0 radical (unpaired) electrons. The van der Waals surface area contributed by atoms with Gasteiger partial charge in [-0.15, -0.1) is 10.2 Å². The van der Waals surface area contributed by atoms with Crippen LogP contribution in [-0.2, 0) is 11.0 Å². The molecule has 1 aliphatic carbocycles. The number of aryl methyl sites for hydroxylation is 2. The predicted molar refractivity (Wildman–Crippen MR) is 114 cm³/mol. The summed E-state index contributed by atoms with van der Waals surface area (Å²) in [7, 11) is 0. The van der Waals surface area contributed by atoms with Crippen molar-refractivity contribution in [2.45, 2.75) is 56.5 Å². The maximum atomic E-state index is 13.6. The molecule has 8 nitrogen and oxygen atoms in total. The van der Waals surface area contributed by atoms with Crippen molar-refractivity contribution in [2.75, 3.05) is 4.90 Å². The number of hydrogen-bond acceptors (Lipinski definition) is 6. The molecule has 0 spiro atoms. The second-order valence-electron chi connectivity index (χ2n) is 8.97. The SMILES string of the molecule is Cc1cccc(-n2cnnc2C2N(c3cc(C(F)(F)F)cc(C)n3)C(=O)C3(O)CCCC23O)c1. The smallest absolute Gasteiger partial charge is 0.384 e. The molecule has 5 rings (SSSR count). The molecule has 34 heavy (non-hydrogen) atoms. The van der Waals surface area contributed by atoms with E-state index in [2.05, 4.69) is 15.2 Å². The third kappa shape index (κ3) is 3.14. The van der Waals surface area contributed by atoms with Crippen LogP contribution in [0.25, 0.3) is 5.69 Å². The fourth-order valence-corrected chi connectivity index (χ4v) is 5.13. The van der Waals surface area contributed by atoms with Gasteiger partial charge in [-0.05, 0) is 62.9 Å². The second-order valence-corrected chi connectivity index (χ2v) is 8.97. The maximum absolute atomic E-state index is 13.6. The third-order valence-electron chi connectivity index (χ3n) is 6.71. The van der Waals surface area contributed by atoms with Crippen molar-refractivity contribution in [3.05, 3.63) is 65.4 Å². The Morgan fingerprint density at radius 3 is 2.59 bits per heavy atom. The summed E-state index contributed by atoms with van der Waals surface area (Å²) in [6.45, 7) is 3.27. The van der Waals surface area contributed by atoms with E-state index < -0.39 is 34.9 Å². The van der Waals surface area contributed by atoms with Gasteiger partial charge in [0.25, 0.3) is 5.91 Å². The Bertz CT molecular complexity index is 1290. The number of alkyl halides is 3. The number of hydrogen-bond donors (Lipinski definition) is 2. The van der Waals surface area contributed by atoms with Gasteiger partial charge in [0.1, 0.15) is 23.8 Å². The van der Waals surface area contributed by atoms with Gasteiger partial charge in [0.2, 0.25) is 0 Å². The Balaban J connectivity index is 1.73. The zero-order chi connectivity index (χ0) is 24.5.